The van der Waals surface area contributed by atoms with E-state index < -0.39 is 0 Å². The Morgan fingerprint density at radius 2 is 1.26 bits per heavy atom. The van der Waals surface area contributed by atoms with Crippen LogP contribution < -0.4 is 0 Å². The highest BCUT2D eigenvalue weighted by Gasteiger charge is 2.01. The van der Waals surface area contributed by atoms with Crippen molar-refractivity contribution in [3.63, 3.8) is 0 Å². The number of unbranched alkanes of at least 4 members (excludes halogenated alkanes) is 5. The molecule has 0 amide bonds. The Morgan fingerprint density at radius 3 is 1.91 bits per heavy atom. The van der Waals surface area contributed by atoms with E-state index in [2.05, 4.69) is 55.2 Å². The van der Waals surface area contributed by atoms with Crippen LogP contribution in [0.15, 0.2) is 42.6 Å². The van der Waals surface area contributed by atoms with E-state index in [9.17, 15) is 0 Å². The van der Waals surface area contributed by atoms with Gasteiger partial charge in [0.25, 0.3) is 0 Å². The zero-order valence-electron chi connectivity index (χ0n) is 14.9. The summed E-state index contributed by atoms with van der Waals surface area (Å²) in [6.07, 6.45) is 13.6. The molecule has 0 saturated carbocycles. The van der Waals surface area contributed by atoms with Crippen molar-refractivity contribution in [1.29, 1.82) is 0 Å². The second kappa shape index (κ2) is 10.2. The van der Waals surface area contributed by atoms with Crippen molar-refractivity contribution in [2.24, 2.45) is 0 Å². The number of aryl methyl sites for hydroxylation is 2. The van der Waals surface area contributed by atoms with Crippen molar-refractivity contribution < 1.29 is 0 Å². The van der Waals surface area contributed by atoms with Crippen molar-refractivity contribution in [2.75, 3.05) is 0 Å². The second-order valence-corrected chi connectivity index (χ2v) is 6.52. The normalized spacial score (nSPS) is 10.9. The predicted molar refractivity (Wildman–Crippen MR) is 101 cm³/mol. The van der Waals surface area contributed by atoms with Gasteiger partial charge in [-0.15, -0.1) is 0 Å². The van der Waals surface area contributed by atoms with Crippen molar-refractivity contribution >= 4 is 0 Å². The van der Waals surface area contributed by atoms with Gasteiger partial charge in [-0.2, -0.15) is 0 Å². The minimum atomic E-state index is 1.08. The van der Waals surface area contributed by atoms with Gasteiger partial charge in [0, 0.05) is 11.8 Å². The monoisotopic (exact) mass is 309 g/mol. The summed E-state index contributed by atoms with van der Waals surface area (Å²) in [5.74, 6) is 0. The number of nitrogens with zero attached hydrogens (tertiary/aromatic N) is 1. The van der Waals surface area contributed by atoms with E-state index in [1.807, 2.05) is 6.20 Å². The lowest BCUT2D eigenvalue weighted by Gasteiger charge is -2.06. The first kappa shape index (κ1) is 17.7. The van der Waals surface area contributed by atoms with Crippen molar-refractivity contribution in [3.05, 3.63) is 53.7 Å². The summed E-state index contributed by atoms with van der Waals surface area (Å²) in [4.78, 5) is 4.64. The van der Waals surface area contributed by atoms with Gasteiger partial charge in [-0.05, 0) is 42.9 Å². The Hall–Kier alpha value is -1.63. The third kappa shape index (κ3) is 6.17. The van der Waals surface area contributed by atoms with Gasteiger partial charge in [0.15, 0.2) is 0 Å². The highest BCUT2D eigenvalue weighted by Crippen LogP contribution is 2.19. The van der Waals surface area contributed by atoms with E-state index in [0.717, 1.165) is 12.1 Å². The zero-order chi connectivity index (χ0) is 16.3. The third-order valence-electron chi connectivity index (χ3n) is 4.46. The molecule has 1 heteroatoms. The lowest BCUT2D eigenvalue weighted by atomic mass is 10.0. The first-order valence-electron chi connectivity index (χ1n) is 9.37. The minimum Gasteiger partial charge on any atom is -0.256 e. The molecule has 124 valence electrons. The lowest BCUT2D eigenvalue weighted by Crippen LogP contribution is -1.90. The maximum absolute atomic E-state index is 4.64. The van der Waals surface area contributed by atoms with Gasteiger partial charge in [0.2, 0.25) is 0 Å². The maximum Gasteiger partial charge on any atom is 0.0702 e. The summed E-state index contributed by atoms with van der Waals surface area (Å²) in [7, 11) is 0. The molecule has 0 aliphatic rings. The molecular weight excluding hydrogens is 278 g/mol. The molecule has 0 aliphatic carbocycles. The molecule has 0 N–H and O–H groups in total. The number of aromatic nitrogens is 1. The van der Waals surface area contributed by atoms with Gasteiger partial charge >= 0.3 is 0 Å². The van der Waals surface area contributed by atoms with Crippen LogP contribution >= 0.6 is 0 Å². The SMILES string of the molecule is CCCCCCc1ccc(-c2ccc(CCCCC)cn2)cc1. The van der Waals surface area contributed by atoms with Crippen LogP contribution in [-0.4, -0.2) is 4.98 Å². The molecule has 1 aromatic carbocycles. The molecule has 1 heterocycles. The largest absolute Gasteiger partial charge is 0.256 e. The summed E-state index contributed by atoms with van der Waals surface area (Å²) in [5.41, 5.74) is 5.11. The van der Waals surface area contributed by atoms with Gasteiger partial charge < -0.3 is 0 Å². The van der Waals surface area contributed by atoms with E-state index in [0.29, 0.717) is 0 Å². The summed E-state index contributed by atoms with van der Waals surface area (Å²) in [5, 5.41) is 0. The fourth-order valence-corrected chi connectivity index (χ4v) is 2.92. The number of rotatable bonds is 10. The summed E-state index contributed by atoms with van der Waals surface area (Å²) in [6, 6.07) is 13.4. The fourth-order valence-electron chi connectivity index (χ4n) is 2.92. The Balaban J connectivity index is 1.88. The molecule has 0 fully saturated rings. The van der Waals surface area contributed by atoms with E-state index >= 15 is 0 Å². The molecular formula is C22H31N. The van der Waals surface area contributed by atoms with Gasteiger partial charge in [0.05, 0.1) is 5.69 Å². The van der Waals surface area contributed by atoms with Crippen molar-refractivity contribution in [1.82, 2.24) is 4.98 Å². The van der Waals surface area contributed by atoms with Crippen LogP contribution in [0.3, 0.4) is 0 Å². The number of hydrogen-bond donors (Lipinski definition) is 0. The topological polar surface area (TPSA) is 12.9 Å². The highest BCUT2D eigenvalue weighted by molar-refractivity contribution is 5.59. The van der Waals surface area contributed by atoms with Crippen LogP contribution in [0.5, 0.6) is 0 Å². The molecule has 23 heavy (non-hydrogen) atoms. The van der Waals surface area contributed by atoms with Crippen LogP contribution in [0.1, 0.15) is 69.9 Å². The Bertz CT molecular complexity index is 539. The lowest BCUT2D eigenvalue weighted by molar-refractivity contribution is 0.667. The highest BCUT2D eigenvalue weighted by atomic mass is 14.7. The standard InChI is InChI=1S/C22H31N/c1-3-5-7-9-10-19-12-15-21(16-13-19)22-17-14-20(18-23-22)11-8-6-4-2/h12-18H,3-11H2,1-2H3. The van der Waals surface area contributed by atoms with Gasteiger partial charge in [-0.3, -0.25) is 4.98 Å². The van der Waals surface area contributed by atoms with Crippen LogP contribution in [0.2, 0.25) is 0 Å². The molecule has 1 nitrogen and oxygen atoms in total. The molecule has 0 radical (unpaired) electrons. The molecule has 2 aromatic rings. The zero-order valence-corrected chi connectivity index (χ0v) is 14.9. The van der Waals surface area contributed by atoms with Gasteiger partial charge in [0.1, 0.15) is 0 Å². The molecule has 0 atom stereocenters. The maximum atomic E-state index is 4.64. The third-order valence-corrected chi connectivity index (χ3v) is 4.46. The predicted octanol–water partition coefficient (Wildman–Crippen LogP) is 6.60. The molecule has 0 bridgehead atoms. The van der Waals surface area contributed by atoms with E-state index in [1.165, 1.54) is 68.1 Å². The number of benzene rings is 1. The number of hydrogen-bond acceptors (Lipinski definition) is 1. The molecule has 0 aliphatic heterocycles. The summed E-state index contributed by atoms with van der Waals surface area (Å²) >= 11 is 0. The summed E-state index contributed by atoms with van der Waals surface area (Å²) < 4.78 is 0. The Kier molecular flexibility index (Phi) is 7.86. The van der Waals surface area contributed by atoms with Crippen LogP contribution in [0.4, 0.5) is 0 Å². The van der Waals surface area contributed by atoms with Gasteiger partial charge in [-0.25, -0.2) is 0 Å². The second-order valence-electron chi connectivity index (χ2n) is 6.52. The van der Waals surface area contributed by atoms with Crippen molar-refractivity contribution in [3.8, 4) is 11.3 Å². The average Bonchev–Trinajstić information content (AvgIpc) is 2.60. The molecule has 0 spiro atoms. The Labute approximate surface area is 142 Å². The minimum absolute atomic E-state index is 1.08. The smallest absolute Gasteiger partial charge is 0.0702 e. The van der Waals surface area contributed by atoms with E-state index in [1.54, 1.807) is 0 Å². The number of pyridine rings is 1. The molecule has 1 aromatic heterocycles. The molecule has 2 rings (SSSR count). The van der Waals surface area contributed by atoms with Crippen molar-refractivity contribution in [2.45, 2.75) is 71.6 Å². The molecule has 0 saturated heterocycles. The average molecular weight is 309 g/mol. The Morgan fingerprint density at radius 1 is 0.652 bits per heavy atom. The van der Waals surface area contributed by atoms with Crippen LogP contribution in [0, 0.1) is 0 Å². The first-order chi connectivity index (χ1) is 11.3. The van der Waals surface area contributed by atoms with E-state index in [-0.39, 0.29) is 0 Å². The quantitative estimate of drug-likeness (QED) is 0.450. The van der Waals surface area contributed by atoms with Crippen LogP contribution in [0.25, 0.3) is 11.3 Å². The fraction of sp³-hybridized carbons (Fsp3) is 0.500. The van der Waals surface area contributed by atoms with Crippen LogP contribution in [-0.2, 0) is 12.8 Å². The van der Waals surface area contributed by atoms with E-state index in [4.69, 9.17) is 0 Å². The van der Waals surface area contributed by atoms with Gasteiger partial charge in [-0.1, -0.05) is 76.3 Å². The molecule has 0 unspecified atom stereocenters. The first-order valence-corrected chi connectivity index (χ1v) is 9.37. The summed E-state index contributed by atoms with van der Waals surface area (Å²) in [6.45, 7) is 4.51.